The van der Waals surface area contributed by atoms with Gasteiger partial charge in [0.05, 0.1) is 0 Å². The number of nitrogens with two attached hydrogens (primary N) is 1. The Kier molecular flexibility index (Phi) is 1.45. The summed E-state index contributed by atoms with van der Waals surface area (Å²) in [6.07, 6.45) is 2.49. The smallest absolute Gasteiger partial charge is 0.224 e. The van der Waals surface area contributed by atoms with Crippen LogP contribution in [-0.2, 0) is 0 Å². The Labute approximate surface area is 65.0 Å². The molecule has 4 heteroatoms. The molecule has 2 N–H and O–H groups in total. The summed E-state index contributed by atoms with van der Waals surface area (Å²) in [6.45, 7) is 2.15. The molecule has 1 aromatic rings. The first-order chi connectivity index (χ1) is 5.36. The van der Waals surface area contributed by atoms with Gasteiger partial charge in [-0.3, -0.25) is 0 Å². The molecule has 0 unspecified atom stereocenters. The van der Waals surface area contributed by atoms with Crippen LogP contribution in [-0.4, -0.2) is 18.2 Å². The predicted octanol–water partition coefficient (Wildman–Crippen LogP) is 0.857. The summed E-state index contributed by atoms with van der Waals surface area (Å²) < 4.78 is 4.76. The monoisotopic (exact) mass is 153 g/mol. The molecule has 11 heavy (non-hydrogen) atoms. The van der Waals surface area contributed by atoms with Gasteiger partial charge in [-0.1, -0.05) is 5.16 Å². The SMILES string of the molecule is Nc1cc(N2CCCC2)no1. The van der Waals surface area contributed by atoms with Crippen molar-refractivity contribution in [3.8, 4) is 0 Å². The number of rotatable bonds is 1. The van der Waals surface area contributed by atoms with E-state index in [-0.39, 0.29) is 0 Å². The normalized spacial score (nSPS) is 17.6. The Morgan fingerprint density at radius 1 is 1.45 bits per heavy atom. The summed E-state index contributed by atoms with van der Waals surface area (Å²) >= 11 is 0. The molecular formula is C7H11N3O. The van der Waals surface area contributed by atoms with Gasteiger partial charge in [-0.05, 0) is 12.8 Å². The zero-order valence-electron chi connectivity index (χ0n) is 6.29. The van der Waals surface area contributed by atoms with E-state index in [1.807, 2.05) is 0 Å². The van der Waals surface area contributed by atoms with E-state index in [1.54, 1.807) is 6.07 Å². The zero-order valence-corrected chi connectivity index (χ0v) is 6.29. The maximum absolute atomic E-state index is 5.39. The molecular weight excluding hydrogens is 142 g/mol. The minimum Gasteiger partial charge on any atom is -0.368 e. The van der Waals surface area contributed by atoms with E-state index in [1.165, 1.54) is 12.8 Å². The molecule has 2 heterocycles. The van der Waals surface area contributed by atoms with Gasteiger partial charge < -0.3 is 15.2 Å². The molecule has 1 saturated heterocycles. The van der Waals surface area contributed by atoms with E-state index in [2.05, 4.69) is 10.1 Å². The molecule has 1 aromatic heterocycles. The number of anilines is 2. The van der Waals surface area contributed by atoms with Crippen LogP contribution in [0.5, 0.6) is 0 Å². The summed E-state index contributed by atoms with van der Waals surface area (Å²) in [5.74, 6) is 1.27. The summed E-state index contributed by atoms with van der Waals surface area (Å²) in [5.41, 5.74) is 5.39. The third kappa shape index (κ3) is 1.15. The molecule has 1 fully saturated rings. The van der Waals surface area contributed by atoms with Gasteiger partial charge in [0.25, 0.3) is 0 Å². The van der Waals surface area contributed by atoms with Crippen LogP contribution >= 0.6 is 0 Å². The van der Waals surface area contributed by atoms with E-state index >= 15 is 0 Å². The molecule has 0 spiro atoms. The van der Waals surface area contributed by atoms with Gasteiger partial charge in [0.15, 0.2) is 5.82 Å². The fraction of sp³-hybridized carbons (Fsp3) is 0.571. The average molecular weight is 153 g/mol. The molecule has 0 bridgehead atoms. The highest BCUT2D eigenvalue weighted by atomic mass is 16.5. The molecule has 0 saturated carbocycles. The third-order valence-electron chi connectivity index (χ3n) is 1.95. The van der Waals surface area contributed by atoms with Crippen molar-refractivity contribution < 1.29 is 4.52 Å². The van der Waals surface area contributed by atoms with Crippen molar-refractivity contribution in [1.29, 1.82) is 0 Å². The minimum atomic E-state index is 0.395. The first-order valence-electron chi connectivity index (χ1n) is 3.83. The molecule has 0 aliphatic carbocycles. The Hall–Kier alpha value is -1.19. The summed E-state index contributed by atoms with van der Waals surface area (Å²) in [7, 11) is 0. The van der Waals surface area contributed by atoms with Crippen molar-refractivity contribution in [3.05, 3.63) is 6.07 Å². The van der Waals surface area contributed by atoms with Crippen LogP contribution in [0.25, 0.3) is 0 Å². The summed E-state index contributed by atoms with van der Waals surface area (Å²) in [4.78, 5) is 2.18. The number of nitrogens with zero attached hydrogens (tertiary/aromatic N) is 2. The summed E-state index contributed by atoms with van der Waals surface area (Å²) in [6, 6.07) is 1.77. The molecule has 4 nitrogen and oxygen atoms in total. The van der Waals surface area contributed by atoms with Crippen LogP contribution in [0.1, 0.15) is 12.8 Å². The average Bonchev–Trinajstić information content (AvgIpc) is 2.55. The van der Waals surface area contributed by atoms with Crippen molar-refractivity contribution >= 4 is 11.7 Å². The van der Waals surface area contributed by atoms with Crippen molar-refractivity contribution in [2.24, 2.45) is 0 Å². The highest BCUT2D eigenvalue weighted by molar-refractivity contribution is 5.45. The number of hydrogen-bond donors (Lipinski definition) is 1. The molecule has 0 radical (unpaired) electrons. The highest BCUT2D eigenvalue weighted by Gasteiger charge is 2.15. The molecule has 1 aliphatic rings. The van der Waals surface area contributed by atoms with Gasteiger partial charge in [-0.2, -0.15) is 0 Å². The topological polar surface area (TPSA) is 55.3 Å². The van der Waals surface area contributed by atoms with Crippen LogP contribution < -0.4 is 10.6 Å². The van der Waals surface area contributed by atoms with E-state index in [0.717, 1.165) is 18.9 Å². The number of hydrogen-bond acceptors (Lipinski definition) is 4. The van der Waals surface area contributed by atoms with E-state index in [0.29, 0.717) is 5.88 Å². The van der Waals surface area contributed by atoms with Gasteiger partial charge in [0.1, 0.15) is 0 Å². The maximum atomic E-state index is 5.39. The van der Waals surface area contributed by atoms with Crippen molar-refractivity contribution in [2.75, 3.05) is 23.7 Å². The molecule has 0 aromatic carbocycles. The van der Waals surface area contributed by atoms with Crippen LogP contribution in [0.3, 0.4) is 0 Å². The number of nitrogen functional groups attached to an aromatic ring is 1. The minimum absolute atomic E-state index is 0.395. The fourth-order valence-corrected chi connectivity index (χ4v) is 1.37. The first-order valence-corrected chi connectivity index (χ1v) is 3.83. The predicted molar refractivity (Wildman–Crippen MR) is 42.4 cm³/mol. The molecule has 1 aliphatic heterocycles. The Balaban J connectivity index is 2.15. The van der Waals surface area contributed by atoms with Gasteiger partial charge in [-0.25, -0.2) is 0 Å². The molecule has 0 atom stereocenters. The van der Waals surface area contributed by atoms with Crippen LogP contribution in [0.2, 0.25) is 0 Å². The lowest BCUT2D eigenvalue weighted by Crippen LogP contribution is -2.17. The second-order valence-electron chi connectivity index (χ2n) is 2.78. The summed E-state index contributed by atoms with van der Waals surface area (Å²) in [5, 5.41) is 3.82. The first kappa shape index (κ1) is 6.52. The molecule has 60 valence electrons. The zero-order chi connectivity index (χ0) is 7.68. The number of aromatic nitrogens is 1. The lowest BCUT2D eigenvalue weighted by atomic mass is 10.4. The van der Waals surface area contributed by atoms with Gasteiger partial charge in [0.2, 0.25) is 5.88 Å². The lowest BCUT2D eigenvalue weighted by Gasteiger charge is -2.11. The Bertz CT molecular complexity index is 240. The second kappa shape index (κ2) is 2.45. The maximum Gasteiger partial charge on any atom is 0.224 e. The molecule has 2 rings (SSSR count). The lowest BCUT2D eigenvalue weighted by molar-refractivity contribution is 0.436. The largest absolute Gasteiger partial charge is 0.368 e. The van der Waals surface area contributed by atoms with Gasteiger partial charge >= 0.3 is 0 Å². The third-order valence-corrected chi connectivity index (χ3v) is 1.95. The Morgan fingerprint density at radius 3 is 2.73 bits per heavy atom. The van der Waals surface area contributed by atoms with Crippen molar-refractivity contribution in [1.82, 2.24) is 5.16 Å². The second-order valence-corrected chi connectivity index (χ2v) is 2.78. The van der Waals surface area contributed by atoms with E-state index in [4.69, 9.17) is 10.3 Å². The van der Waals surface area contributed by atoms with Gasteiger partial charge in [-0.15, -0.1) is 0 Å². The van der Waals surface area contributed by atoms with Crippen molar-refractivity contribution in [2.45, 2.75) is 12.8 Å². The van der Waals surface area contributed by atoms with Crippen LogP contribution in [0.4, 0.5) is 11.7 Å². The van der Waals surface area contributed by atoms with Gasteiger partial charge in [0, 0.05) is 19.2 Å². The quantitative estimate of drug-likeness (QED) is 0.650. The standard InChI is InChI=1S/C7H11N3O/c8-6-5-7(9-11-6)10-3-1-2-4-10/h5H,1-4,8H2. The van der Waals surface area contributed by atoms with Crippen molar-refractivity contribution in [3.63, 3.8) is 0 Å². The fourth-order valence-electron chi connectivity index (χ4n) is 1.37. The highest BCUT2D eigenvalue weighted by Crippen LogP contribution is 2.20. The Morgan fingerprint density at radius 2 is 2.18 bits per heavy atom. The van der Waals surface area contributed by atoms with Crippen LogP contribution in [0, 0.1) is 0 Å². The van der Waals surface area contributed by atoms with Crippen LogP contribution in [0.15, 0.2) is 10.6 Å². The van der Waals surface area contributed by atoms with E-state index < -0.39 is 0 Å². The van der Waals surface area contributed by atoms with E-state index in [9.17, 15) is 0 Å². The molecule has 0 amide bonds.